The van der Waals surface area contributed by atoms with Crippen LogP contribution in [0.5, 0.6) is 0 Å². The van der Waals surface area contributed by atoms with Crippen LogP contribution in [0, 0.1) is 0 Å². The molecule has 4 rings (SSSR count). The fourth-order valence-corrected chi connectivity index (χ4v) is 4.95. The van der Waals surface area contributed by atoms with E-state index in [9.17, 15) is 9.59 Å². The molecule has 2 aromatic carbocycles. The fourth-order valence-electron chi connectivity index (χ4n) is 3.48. The molecule has 1 aliphatic rings. The van der Waals surface area contributed by atoms with E-state index in [1.54, 1.807) is 18.4 Å². The Kier molecular flexibility index (Phi) is 5.83. The average Bonchev–Trinajstić information content (AvgIpc) is 3.02. The number of allylic oxidation sites excluding steroid dienone is 1. The number of nitrogens with zero attached hydrogens (tertiary/aromatic N) is 2. The molecule has 0 aliphatic carbocycles. The second kappa shape index (κ2) is 8.53. The highest BCUT2D eigenvalue weighted by atomic mass is 79.9. The molecule has 0 saturated carbocycles. The van der Waals surface area contributed by atoms with Crippen LogP contribution in [0.4, 0.5) is 0 Å². The van der Waals surface area contributed by atoms with E-state index in [0.717, 1.165) is 15.6 Å². The van der Waals surface area contributed by atoms with Gasteiger partial charge < -0.3 is 4.74 Å². The van der Waals surface area contributed by atoms with Crippen LogP contribution in [0.25, 0.3) is 6.08 Å². The maximum Gasteiger partial charge on any atom is 0.338 e. The Morgan fingerprint density at radius 3 is 2.70 bits per heavy atom. The largest absolute Gasteiger partial charge is 0.463 e. The fraction of sp³-hybridized carbons (Fsp3) is 0.174. The minimum Gasteiger partial charge on any atom is -0.463 e. The normalized spacial score (nSPS) is 16.2. The van der Waals surface area contributed by atoms with E-state index in [2.05, 4.69) is 20.9 Å². The zero-order valence-corrected chi connectivity index (χ0v) is 18.9. The lowest BCUT2D eigenvalue weighted by Crippen LogP contribution is -2.39. The zero-order chi connectivity index (χ0) is 21.3. The molecule has 0 fully saturated rings. The van der Waals surface area contributed by atoms with Gasteiger partial charge in [-0.3, -0.25) is 9.36 Å². The monoisotopic (exact) mass is 482 g/mol. The summed E-state index contributed by atoms with van der Waals surface area (Å²) in [6.45, 7) is 3.79. The molecule has 1 aromatic heterocycles. The van der Waals surface area contributed by atoms with Crippen LogP contribution in [0.2, 0.25) is 0 Å². The first-order valence-electron chi connectivity index (χ1n) is 9.49. The molecule has 0 bridgehead atoms. The molecule has 2 heterocycles. The molecule has 1 aliphatic heterocycles. The van der Waals surface area contributed by atoms with Crippen molar-refractivity contribution in [1.29, 1.82) is 0 Å². The number of carbonyl (C=O) groups is 1. The first kappa shape index (κ1) is 20.5. The van der Waals surface area contributed by atoms with Crippen LogP contribution >= 0.6 is 27.3 Å². The highest BCUT2D eigenvalue weighted by Crippen LogP contribution is 2.31. The Morgan fingerprint density at radius 2 is 2.00 bits per heavy atom. The Morgan fingerprint density at radius 1 is 1.23 bits per heavy atom. The summed E-state index contributed by atoms with van der Waals surface area (Å²) in [5.41, 5.74) is 2.51. The van der Waals surface area contributed by atoms with Crippen LogP contribution < -0.4 is 14.9 Å². The summed E-state index contributed by atoms with van der Waals surface area (Å²) in [5, 5.41) is 0. The summed E-state index contributed by atoms with van der Waals surface area (Å²) >= 11 is 4.81. The van der Waals surface area contributed by atoms with Crippen molar-refractivity contribution in [3.05, 3.63) is 101 Å². The third-order valence-corrected chi connectivity index (χ3v) is 6.25. The van der Waals surface area contributed by atoms with E-state index in [0.29, 0.717) is 20.6 Å². The van der Waals surface area contributed by atoms with E-state index in [1.165, 1.54) is 11.3 Å². The Labute approximate surface area is 185 Å². The predicted molar refractivity (Wildman–Crippen MR) is 121 cm³/mol. The number of esters is 1. The molecule has 1 atom stereocenters. The van der Waals surface area contributed by atoms with Gasteiger partial charge in [0.15, 0.2) is 4.80 Å². The van der Waals surface area contributed by atoms with Crippen LogP contribution in [0.1, 0.15) is 31.0 Å². The number of halogens is 1. The SMILES string of the molecule is CCOC(=O)C1=C(C)N=c2sc(=Cc3ccccc3)c(=O)n2C1c1cccc(Br)c1. The number of aromatic nitrogens is 1. The number of hydrogen-bond donors (Lipinski definition) is 0. The van der Waals surface area contributed by atoms with Gasteiger partial charge in [0.2, 0.25) is 0 Å². The molecule has 0 amide bonds. The summed E-state index contributed by atoms with van der Waals surface area (Å²) < 4.78 is 8.33. The van der Waals surface area contributed by atoms with Gasteiger partial charge in [-0.05, 0) is 43.2 Å². The molecule has 5 nitrogen and oxygen atoms in total. The van der Waals surface area contributed by atoms with Gasteiger partial charge in [-0.25, -0.2) is 9.79 Å². The van der Waals surface area contributed by atoms with Crippen LogP contribution in [0.15, 0.2) is 80.1 Å². The van der Waals surface area contributed by atoms with Gasteiger partial charge in [0.25, 0.3) is 5.56 Å². The lowest BCUT2D eigenvalue weighted by molar-refractivity contribution is -0.139. The van der Waals surface area contributed by atoms with Crippen LogP contribution in [-0.2, 0) is 9.53 Å². The topological polar surface area (TPSA) is 60.7 Å². The summed E-state index contributed by atoms with van der Waals surface area (Å²) in [5.74, 6) is -0.457. The van der Waals surface area contributed by atoms with Gasteiger partial charge in [-0.15, -0.1) is 0 Å². The summed E-state index contributed by atoms with van der Waals surface area (Å²) in [6.07, 6.45) is 1.85. The summed E-state index contributed by atoms with van der Waals surface area (Å²) in [4.78, 5) is 31.4. The molecular formula is C23H19BrN2O3S. The summed E-state index contributed by atoms with van der Waals surface area (Å²) in [7, 11) is 0. The van der Waals surface area contributed by atoms with Gasteiger partial charge in [0.05, 0.1) is 28.5 Å². The smallest absolute Gasteiger partial charge is 0.338 e. The zero-order valence-electron chi connectivity index (χ0n) is 16.5. The predicted octanol–water partition coefficient (Wildman–Crippen LogP) is 3.56. The maximum atomic E-state index is 13.4. The number of rotatable bonds is 4. The van der Waals surface area contributed by atoms with E-state index in [4.69, 9.17) is 4.74 Å². The van der Waals surface area contributed by atoms with Crippen molar-refractivity contribution in [2.45, 2.75) is 19.9 Å². The molecule has 1 unspecified atom stereocenters. The van der Waals surface area contributed by atoms with Crippen molar-refractivity contribution in [3.8, 4) is 0 Å². The molecule has 0 saturated heterocycles. The standard InChI is InChI=1S/C23H19BrN2O3S/c1-3-29-22(28)19-14(2)25-23-26(20(19)16-10-7-11-17(24)13-16)21(27)18(30-23)12-15-8-5-4-6-9-15/h4-13,20H,3H2,1-2H3. The second-order valence-corrected chi connectivity index (χ2v) is 8.69. The van der Waals surface area contributed by atoms with E-state index in [-0.39, 0.29) is 12.2 Å². The van der Waals surface area contributed by atoms with E-state index < -0.39 is 12.0 Å². The molecule has 152 valence electrons. The first-order valence-corrected chi connectivity index (χ1v) is 11.1. The minimum atomic E-state index is -0.601. The highest BCUT2D eigenvalue weighted by Gasteiger charge is 2.33. The highest BCUT2D eigenvalue weighted by molar-refractivity contribution is 9.10. The molecule has 0 radical (unpaired) electrons. The van der Waals surface area contributed by atoms with Crippen molar-refractivity contribution < 1.29 is 9.53 Å². The second-order valence-electron chi connectivity index (χ2n) is 6.77. The number of hydrogen-bond acceptors (Lipinski definition) is 5. The molecule has 7 heteroatoms. The number of thiazole rings is 1. The lowest BCUT2D eigenvalue weighted by atomic mass is 9.96. The molecule has 0 N–H and O–H groups in total. The van der Waals surface area contributed by atoms with Crippen molar-refractivity contribution in [2.24, 2.45) is 4.99 Å². The third kappa shape index (κ3) is 3.82. The first-order chi connectivity index (χ1) is 14.5. The lowest BCUT2D eigenvalue weighted by Gasteiger charge is -2.24. The minimum absolute atomic E-state index is 0.179. The maximum absolute atomic E-state index is 13.4. The van der Waals surface area contributed by atoms with Crippen molar-refractivity contribution in [1.82, 2.24) is 4.57 Å². The van der Waals surface area contributed by atoms with Crippen molar-refractivity contribution in [2.75, 3.05) is 6.61 Å². The van der Waals surface area contributed by atoms with Crippen molar-refractivity contribution in [3.63, 3.8) is 0 Å². The van der Waals surface area contributed by atoms with Crippen molar-refractivity contribution >= 4 is 39.3 Å². The van der Waals surface area contributed by atoms with E-state index >= 15 is 0 Å². The number of benzene rings is 2. The third-order valence-electron chi connectivity index (χ3n) is 4.78. The Hall–Kier alpha value is -2.77. The van der Waals surface area contributed by atoms with E-state index in [1.807, 2.05) is 60.7 Å². The molecule has 3 aromatic rings. The van der Waals surface area contributed by atoms with Crippen LogP contribution in [0.3, 0.4) is 0 Å². The number of carbonyl (C=O) groups excluding carboxylic acids is 1. The molecule has 30 heavy (non-hydrogen) atoms. The van der Waals surface area contributed by atoms with Gasteiger partial charge in [0, 0.05) is 4.47 Å². The molecular weight excluding hydrogens is 464 g/mol. The van der Waals surface area contributed by atoms with Gasteiger partial charge in [0.1, 0.15) is 0 Å². The Bertz CT molecular complexity index is 1320. The van der Waals surface area contributed by atoms with Gasteiger partial charge in [-0.2, -0.15) is 0 Å². The number of fused-ring (bicyclic) bond motifs is 1. The summed E-state index contributed by atoms with van der Waals surface area (Å²) in [6, 6.07) is 16.7. The van der Waals surface area contributed by atoms with Crippen LogP contribution in [-0.4, -0.2) is 17.1 Å². The average molecular weight is 483 g/mol. The van der Waals surface area contributed by atoms with Gasteiger partial charge in [-0.1, -0.05) is 69.7 Å². The molecule has 0 spiro atoms. The number of ether oxygens (including phenoxy) is 1. The quantitative estimate of drug-likeness (QED) is 0.534. The van der Waals surface area contributed by atoms with Gasteiger partial charge >= 0.3 is 5.97 Å². The Balaban J connectivity index is 1.98.